The fourth-order valence-corrected chi connectivity index (χ4v) is 1.16. The monoisotopic (exact) mass is 257 g/mol. The summed E-state index contributed by atoms with van der Waals surface area (Å²) < 4.78 is 0. The Morgan fingerprint density at radius 2 is 1.36 bits per heavy atom. The summed E-state index contributed by atoms with van der Waals surface area (Å²) in [7, 11) is 0. The van der Waals surface area contributed by atoms with Gasteiger partial charge in [0.2, 0.25) is 0 Å². The van der Waals surface area contributed by atoms with Crippen LogP contribution in [0.15, 0.2) is 54.6 Å². The van der Waals surface area contributed by atoms with Crippen molar-refractivity contribution in [3.63, 3.8) is 0 Å². The zero-order chi connectivity index (χ0) is 8.93. The van der Waals surface area contributed by atoms with Gasteiger partial charge in [0.1, 0.15) is 0 Å². The Balaban J connectivity index is 0.000000980. The SMILES string of the molecule is [Y].[c-]1ccc(Nc2ccccc2)cc1. The smallest absolute Gasteiger partial charge is 0.0366 e. The Labute approximate surface area is 109 Å². The third-order valence-corrected chi connectivity index (χ3v) is 1.78. The number of hydrogen-bond acceptors (Lipinski definition) is 1. The Morgan fingerprint density at radius 3 is 2.00 bits per heavy atom. The molecule has 1 nitrogen and oxygen atoms in total. The zero-order valence-electron chi connectivity index (χ0n) is 7.77. The molecular formula is C12H10NY-. The van der Waals surface area contributed by atoms with E-state index >= 15 is 0 Å². The first kappa shape index (κ1) is 11.4. The van der Waals surface area contributed by atoms with Gasteiger partial charge in [-0.05, 0) is 12.1 Å². The molecule has 67 valence electrons. The van der Waals surface area contributed by atoms with Gasteiger partial charge in [-0.25, -0.2) is 0 Å². The fourth-order valence-electron chi connectivity index (χ4n) is 1.16. The van der Waals surface area contributed by atoms with Crippen LogP contribution >= 0.6 is 0 Å². The van der Waals surface area contributed by atoms with E-state index in [2.05, 4.69) is 11.4 Å². The van der Waals surface area contributed by atoms with E-state index in [4.69, 9.17) is 0 Å². The summed E-state index contributed by atoms with van der Waals surface area (Å²) in [6.07, 6.45) is 0. The van der Waals surface area contributed by atoms with Crippen LogP contribution in [0.4, 0.5) is 11.4 Å². The van der Waals surface area contributed by atoms with Gasteiger partial charge >= 0.3 is 0 Å². The molecule has 1 N–H and O–H groups in total. The van der Waals surface area contributed by atoms with Crippen LogP contribution in [-0.4, -0.2) is 0 Å². The van der Waals surface area contributed by atoms with Crippen molar-refractivity contribution in [2.45, 2.75) is 0 Å². The van der Waals surface area contributed by atoms with Crippen LogP contribution in [0.25, 0.3) is 0 Å². The first-order chi connectivity index (χ1) is 6.45. The van der Waals surface area contributed by atoms with Gasteiger partial charge in [-0.1, -0.05) is 23.9 Å². The van der Waals surface area contributed by atoms with Crippen LogP contribution in [0.2, 0.25) is 0 Å². The van der Waals surface area contributed by atoms with Gasteiger partial charge in [0, 0.05) is 38.4 Å². The molecule has 2 heteroatoms. The molecular weight excluding hydrogens is 247 g/mol. The summed E-state index contributed by atoms with van der Waals surface area (Å²) in [5, 5.41) is 3.28. The summed E-state index contributed by atoms with van der Waals surface area (Å²) in [6, 6.07) is 20.9. The number of para-hydroxylation sites is 1. The van der Waals surface area contributed by atoms with E-state index < -0.39 is 0 Å². The number of benzene rings is 2. The molecule has 0 aliphatic carbocycles. The van der Waals surface area contributed by atoms with Gasteiger partial charge < -0.3 is 5.32 Å². The van der Waals surface area contributed by atoms with E-state index in [0.29, 0.717) is 0 Å². The van der Waals surface area contributed by atoms with Crippen LogP contribution < -0.4 is 5.32 Å². The summed E-state index contributed by atoms with van der Waals surface area (Å²) >= 11 is 0. The first-order valence-corrected chi connectivity index (χ1v) is 4.23. The molecule has 2 rings (SSSR count). The number of rotatable bonds is 2. The summed E-state index contributed by atoms with van der Waals surface area (Å²) in [5.41, 5.74) is 2.19. The van der Waals surface area contributed by atoms with E-state index in [1.165, 1.54) is 0 Å². The minimum Gasteiger partial charge on any atom is -0.378 e. The Morgan fingerprint density at radius 1 is 0.786 bits per heavy atom. The second-order valence-electron chi connectivity index (χ2n) is 2.78. The van der Waals surface area contributed by atoms with Gasteiger partial charge in [-0.15, -0.1) is 12.1 Å². The van der Waals surface area contributed by atoms with E-state index in [9.17, 15) is 0 Å². The molecule has 2 aromatic rings. The maximum Gasteiger partial charge on any atom is 0.0366 e. The summed E-state index contributed by atoms with van der Waals surface area (Å²) in [5.74, 6) is 0. The van der Waals surface area contributed by atoms with Crippen LogP contribution in [-0.2, 0) is 32.7 Å². The minimum absolute atomic E-state index is 0. The molecule has 0 aliphatic rings. The van der Waals surface area contributed by atoms with Gasteiger partial charge in [-0.2, -0.15) is 18.2 Å². The van der Waals surface area contributed by atoms with Crippen molar-refractivity contribution in [1.29, 1.82) is 0 Å². The molecule has 0 heterocycles. The molecule has 0 spiro atoms. The number of anilines is 2. The summed E-state index contributed by atoms with van der Waals surface area (Å²) in [4.78, 5) is 0. The summed E-state index contributed by atoms with van der Waals surface area (Å²) in [6.45, 7) is 0. The Bertz CT molecular complexity index is 321. The molecule has 0 bridgehead atoms. The largest absolute Gasteiger partial charge is 0.378 e. The fraction of sp³-hybridized carbons (Fsp3) is 0. The molecule has 0 saturated heterocycles. The van der Waals surface area contributed by atoms with E-state index in [1.54, 1.807) is 0 Å². The second kappa shape index (κ2) is 5.95. The quantitative estimate of drug-likeness (QED) is 0.814. The van der Waals surface area contributed by atoms with Crippen molar-refractivity contribution in [2.75, 3.05) is 5.32 Å². The molecule has 0 aromatic heterocycles. The van der Waals surface area contributed by atoms with Crippen LogP contribution in [0.1, 0.15) is 0 Å². The maximum atomic E-state index is 3.28. The molecule has 0 atom stereocenters. The zero-order valence-corrected chi connectivity index (χ0v) is 10.6. The normalized spacial score (nSPS) is 8.86. The van der Waals surface area contributed by atoms with Crippen LogP contribution in [0.3, 0.4) is 0 Å². The van der Waals surface area contributed by atoms with E-state index in [-0.39, 0.29) is 32.7 Å². The minimum atomic E-state index is 0. The van der Waals surface area contributed by atoms with Gasteiger partial charge in [-0.3, -0.25) is 0 Å². The van der Waals surface area contributed by atoms with Crippen molar-refractivity contribution < 1.29 is 32.7 Å². The van der Waals surface area contributed by atoms with Crippen LogP contribution in [0.5, 0.6) is 0 Å². The average Bonchev–Trinajstić information content (AvgIpc) is 2.21. The molecule has 0 fully saturated rings. The topological polar surface area (TPSA) is 12.0 Å². The molecule has 0 saturated carbocycles. The van der Waals surface area contributed by atoms with Gasteiger partial charge in [0.05, 0.1) is 0 Å². The van der Waals surface area contributed by atoms with Crippen molar-refractivity contribution in [2.24, 2.45) is 0 Å². The molecule has 14 heavy (non-hydrogen) atoms. The molecule has 1 radical (unpaired) electrons. The first-order valence-electron chi connectivity index (χ1n) is 4.23. The van der Waals surface area contributed by atoms with Crippen LogP contribution in [0, 0.1) is 6.07 Å². The predicted molar refractivity (Wildman–Crippen MR) is 55.0 cm³/mol. The number of hydrogen-bond donors (Lipinski definition) is 1. The van der Waals surface area contributed by atoms with Gasteiger partial charge in [0.25, 0.3) is 0 Å². The third-order valence-electron chi connectivity index (χ3n) is 1.78. The molecule has 0 aliphatic heterocycles. The molecule has 2 aromatic carbocycles. The Kier molecular flexibility index (Phi) is 4.85. The number of nitrogens with one attached hydrogen (secondary N) is 1. The van der Waals surface area contributed by atoms with Crippen molar-refractivity contribution in [1.82, 2.24) is 0 Å². The predicted octanol–water partition coefficient (Wildman–Crippen LogP) is 3.23. The average molecular weight is 257 g/mol. The third kappa shape index (κ3) is 3.24. The van der Waals surface area contributed by atoms with Gasteiger partial charge in [0.15, 0.2) is 0 Å². The van der Waals surface area contributed by atoms with E-state index in [0.717, 1.165) is 11.4 Å². The standard InChI is InChI=1S/C12H10N.Y/c1-3-7-11(8-4-1)13-12-9-5-2-6-10-12;/h1,3-10,13H;/q-1;. The van der Waals surface area contributed by atoms with Crippen molar-refractivity contribution >= 4 is 11.4 Å². The van der Waals surface area contributed by atoms with E-state index in [1.807, 2.05) is 54.6 Å². The van der Waals surface area contributed by atoms with Crippen molar-refractivity contribution in [3.8, 4) is 0 Å². The second-order valence-corrected chi connectivity index (χ2v) is 2.78. The Hall–Kier alpha value is -0.656. The molecule has 0 unspecified atom stereocenters. The maximum absolute atomic E-state index is 3.28. The molecule has 0 amide bonds. The van der Waals surface area contributed by atoms with Crippen molar-refractivity contribution in [3.05, 3.63) is 60.7 Å².